The molecule has 35 heavy (non-hydrogen) atoms. The van der Waals surface area contributed by atoms with Crippen molar-refractivity contribution in [2.75, 3.05) is 19.6 Å². The van der Waals surface area contributed by atoms with Crippen molar-refractivity contribution in [3.63, 3.8) is 0 Å². The Morgan fingerprint density at radius 1 is 0.886 bits per heavy atom. The number of aromatic amines is 1. The Morgan fingerprint density at radius 3 is 2.11 bits per heavy atom. The highest BCUT2D eigenvalue weighted by Crippen LogP contribution is 2.34. The van der Waals surface area contributed by atoms with Gasteiger partial charge in [0.1, 0.15) is 5.03 Å². The van der Waals surface area contributed by atoms with Crippen molar-refractivity contribution < 1.29 is 13.2 Å². The number of carbonyl (C=O) groups excluding carboxylic acids is 1. The molecule has 7 heteroatoms. The first-order valence-corrected chi connectivity index (χ1v) is 13.5. The van der Waals surface area contributed by atoms with Gasteiger partial charge in [0.25, 0.3) is 10.0 Å². The Morgan fingerprint density at radius 2 is 1.51 bits per heavy atom. The van der Waals surface area contributed by atoms with E-state index in [1.54, 1.807) is 10.4 Å². The lowest BCUT2D eigenvalue weighted by atomic mass is 9.98. The zero-order valence-electron chi connectivity index (χ0n) is 19.5. The molecule has 1 N–H and O–H groups in total. The van der Waals surface area contributed by atoms with Gasteiger partial charge in [0.05, 0.1) is 6.04 Å². The lowest BCUT2D eigenvalue weighted by molar-refractivity contribution is -0.127. The number of rotatable bonds is 9. The van der Waals surface area contributed by atoms with E-state index in [4.69, 9.17) is 0 Å². The number of likely N-dealkylation sites (tertiary alicyclic amines) is 1. The van der Waals surface area contributed by atoms with Gasteiger partial charge in [-0.2, -0.15) is 4.31 Å². The molecule has 4 aromatic rings. The van der Waals surface area contributed by atoms with E-state index in [0.717, 1.165) is 35.0 Å². The summed E-state index contributed by atoms with van der Waals surface area (Å²) < 4.78 is 30.0. The highest BCUT2D eigenvalue weighted by molar-refractivity contribution is 7.89. The summed E-state index contributed by atoms with van der Waals surface area (Å²) in [7, 11) is -3.89. The second-order valence-corrected chi connectivity index (χ2v) is 10.8. The molecule has 1 aliphatic rings. The van der Waals surface area contributed by atoms with Crippen LogP contribution in [0.25, 0.3) is 10.9 Å². The fourth-order valence-electron chi connectivity index (χ4n) is 4.85. The van der Waals surface area contributed by atoms with E-state index in [1.165, 1.54) is 0 Å². The maximum absolute atomic E-state index is 14.2. The smallest absolute Gasteiger partial charge is 0.259 e. The summed E-state index contributed by atoms with van der Waals surface area (Å²) in [5.41, 5.74) is 2.58. The minimum atomic E-state index is -3.89. The lowest BCUT2D eigenvalue weighted by Gasteiger charge is -2.32. The standard InChI is InChI=1S/C28H29N3O3S/c32-27-17-9-18-30(27)19-10-20-31(35(33,34)26-21-24-15-7-8-16-25(24)29-26)28(22-11-3-1-4-12-22)23-13-5-2-6-14-23/h1-8,11-16,21,28-29H,9-10,17-20H2. The predicted molar refractivity (Wildman–Crippen MR) is 137 cm³/mol. The SMILES string of the molecule is O=C1CCCN1CCCN(C(c1ccccc1)c1ccccc1)S(=O)(=O)c1cc2ccccc2[nH]1. The second-order valence-electron chi connectivity index (χ2n) is 8.90. The molecule has 5 rings (SSSR count). The summed E-state index contributed by atoms with van der Waals surface area (Å²) in [6.45, 7) is 1.58. The van der Waals surface area contributed by atoms with Crippen LogP contribution in [0.3, 0.4) is 0 Å². The van der Waals surface area contributed by atoms with Crippen molar-refractivity contribution >= 4 is 26.8 Å². The van der Waals surface area contributed by atoms with Gasteiger partial charge in [-0.3, -0.25) is 4.79 Å². The van der Waals surface area contributed by atoms with E-state index in [1.807, 2.05) is 89.8 Å². The fraction of sp³-hybridized carbons (Fsp3) is 0.250. The zero-order chi connectivity index (χ0) is 24.3. The minimum Gasteiger partial charge on any atom is -0.345 e. The molecule has 1 fully saturated rings. The number of nitrogens with zero attached hydrogens (tertiary/aromatic N) is 2. The van der Waals surface area contributed by atoms with Crippen molar-refractivity contribution in [3.05, 3.63) is 102 Å². The molecule has 0 radical (unpaired) electrons. The molecule has 0 aliphatic carbocycles. The number of amides is 1. The number of H-pyrrole nitrogens is 1. The van der Waals surface area contributed by atoms with Gasteiger partial charge in [0.15, 0.2) is 0 Å². The van der Waals surface area contributed by atoms with Gasteiger partial charge in [-0.15, -0.1) is 0 Å². The van der Waals surface area contributed by atoms with Gasteiger partial charge in [-0.1, -0.05) is 78.9 Å². The van der Waals surface area contributed by atoms with Gasteiger partial charge >= 0.3 is 0 Å². The van der Waals surface area contributed by atoms with Gasteiger partial charge < -0.3 is 9.88 Å². The molecule has 1 aromatic heterocycles. The summed E-state index contributed by atoms with van der Waals surface area (Å²) in [6.07, 6.45) is 2.00. The zero-order valence-corrected chi connectivity index (χ0v) is 20.3. The quantitative estimate of drug-likeness (QED) is 0.363. The van der Waals surface area contributed by atoms with Crippen molar-refractivity contribution in [1.29, 1.82) is 0 Å². The number of hydrogen-bond donors (Lipinski definition) is 1. The molecule has 2 heterocycles. The molecule has 0 saturated carbocycles. The van der Waals surface area contributed by atoms with Crippen LogP contribution in [-0.2, 0) is 14.8 Å². The number of benzene rings is 3. The Bertz CT molecular complexity index is 1330. The third kappa shape index (κ3) is 4.88. The van der Waals surface area contributed by atoms with E-state index >= 15 is 0 Å². The third-order valence-electron chi connectivity index (χ3n) is 6.59. The van der Waals surface area contributed by atoms with Gasteiger partial charge in [0.2, 0.25) is 5.91 Å². The number of sulfonamides is 1. The first kappa shape index (κ1) is 23.3. The summed E-state index contributed by atoms with van der Waals surface area (Å²) in [5, 5.41) is 1.03. The van der Waals surface area contributed by atoms with Crippen LogP contribution in [0.5, 0.6) is 0 Å². The lowest BCUT2D eigenvalue weighted by Crippen LogP contribution is -2.38. The Labute approximate surface area is 206 Å². The molecule has 0 unspecified atom stereocenters. The topological polar surface area (TPSA) is 73.5 Å². The van der Waals surface area contributed by atoms with Crippen LogP contribution in [0.2, 0.25) is 0 Å². The van der Waals surface area contributed by atoms with Crippen LogP contribution >= 0.6 is 0 Å². The summed E-state index contributed by atoms with van der Waals surface area (Å²) >= 11 is 0. The number of fused-ring (bicyclic) bond motifs is 1. The minimum absolute atomic E-state index is 0.151. The monoisotopic (exact) mass is 487 g/mol. The number of carbonyl (C=O) groups is 1. The fourth-order valence-corrected chi connectivity index (χ4v) is 6.51. The highest BCUT2D eigenvalue weighted by atomic mass is 32.2. The predicted octanol–water partition coefficient (Wildman–Crippen LogP) is 4.96. The summed E-state index contributed by atoms with van der Waals surface area (Å²) in [6, 6.07) is 28.2. The molecular formula is C28H29N3O3S. The second kappa shape index (κ2) is 10.1. The van der Waals surface area contributed by atoms with Crippen LogP contribution in [0.1, 0.15) is 36.4 Å². The largest absolute Gasteiger partial charge is 0.345 e. The molecule has 1 aliphatic heterocycles. The number of para-hydroxylation sites is 1. The first-order valence-electron chi connectivity index (χ1n) is 12.0. The maximum atomic E-state index is 14.2. The average Bonchev–Trinajstić information content (AvgIpc) is 3.51. The van der Waals surface area contributed by atoms with Crippen molar-refractivity contribution in [3.8, 4) is 0 Å². The van der Waals surface area contributed by atoms with Gasteiger partial charge in [-0.05, 0) is 36.1 Å². The Balaban J connectivity index is 1.56. The molecule has 6 nitrogen and oxygen atoms in total. The van der Waals surface area contributed by atoms with E-state index < -0.39 is 16.1 Å². The van der Waals surface area contributed by atoms with E-state index in [0.29, 0.717) is 19.4 Å². The first-order chi connectivity index (χ1) is 17.0. The van der Waals surface area contributed by atoms with Gasteiger partial charge in [0, 0.05) is 37.0 Å². The van der Waals surface area contributed by atoms with Crippen molar-refractivity contribution in [1.82, 2.24) is 14.2 Å². The molecule has 0 atom stereocenters. The van der Waals surface area contributed by atoms with Crippen molar-refractivity contribution in [2.24, 2.45) is 0 Å². The van der Waals surface area contributed by atoms with Crippen LogP contribution in [-0.4, -0.2) is 48.1 Å². The molecule has 1 saturated heterocycles. The summed E-state index contributed by atoms with van der Waals surface area (Å²) in [4.78, 5) is 17.1. The molecule has 180 valence electrons. The highest BCUT2D eigenvalue weighted by Gasteiger charge is 2.34. The van der Waals surface area contributed by atoms with Crippen LogP contribution < -0.4 is 0 Å². The van der Waals surface area contributed by atoms with Crippen LogP contribution in [0, 0.1) is 0 Å². The number of nitrogens with one attached hydrogen (secondary N) is 1. The average molecular weight is 488 g/mol. The van der Waals surface area contributed by atoms with E-state index in [9.17, 15) is 13.2 Å². The van der Waals surface area contributed by atoms with Crippen LogP contribution in [0.4, 0.5) is 0 Å². The molecular weight excluding hydrogens is 458 g/mol. The Kier molecular flexibility index (Phi) is 6.70. The van der Waals surface area contributed by atoms with Crippen LogP contribution in [0.15, 0.2) is 96.0 Å². The van der Waals surface area contributed by atoms with Crippen molar-refractivity contribution in [2.45, 2.75) is 30.3 Å². The third-order valence-corrected chi connectivity index (χ3v) is 8.37. The summed E-state index contributed by atoms with van der Waals surface area (Å²) in [5.74, 6) is 0.151. The maximum Gasteiger partial charge on any atom is 0.259 e. The normalized spacial score (nSPS) is 14.5. The number of hydrogen-bond acceptors (Lipinski definition) is 3. The molecule has 0 bridgehead atoms. The Hall–Kier alpha value is -3.42. The molecule has 0 spiro atoms. The van der Waals surface area contributed by atoms with E-state index in [2.05, 4.69) is 4.98 Å². The molecule has 1 amide bonds. The number of aromatic nitrogens is 1. The molecule has 3 aromatic carbocycles. The van der Waals surface area contributed by atoms with E-state index in [-0.39, 0.29) is 17.5 Å². The van der Waals surface area contributed by atoms with Gasteiger partial charge in [-0.25, -0.2) is 8.42 Å².